The Morgan fingerprint density at radius 3 is 2.42 bits per heavy atom. The number of halogens is 1. The Bertz CT molecular complexity index is 507. The normalized spacial score (nSPS) is 10.7. The summed E-state index contributed by atoms with van der Waals surface area (Å²) in [6.45, 7) is 4.81. The van der Waals surface area contributed by atoms with E-state index in [2.05, 4.69) is 29.3 Å². The Labute approximate surface area is 117 Å². The molecular formula is C15H19FN2S. The summed E-state index contributed by atoms with van der Waals surface area (Å²) in [7, 11) is 1.95. The van der Waals surface area contributed by atoms with Crippen molar-refractivity contribution in [2.75, 3.05) is 18.5 Å². The number of rotatable bonds is 6. The van der Waals surface area contributed by atoms with E-state index in [1.807, 2.05) is 30.5 Å². The predicted molar refractivity (Wildman–Crippen MR) is 80.2 cm³/mol. The molecule has 0 radical (unpaired) electrons. The number of nitrogens with one attached hydrogen (secondary N) is 1. The molecule has 19 heavy (non-hydrogen) atoms. The van der Waals surface area contributed by atoms with E-state index in [0.29, 0.717) is 0 Å². The topological polar surface area (TPSA) is 15.3 Å². The van der Waals surface area contributed by atoms with Crippen molar-refractivity contribution in [3.8, 4) is 0 Å². The van der Waals surface area contributed by atoms with E-state index < -0.39 is 0 Å². The van der Waals surface area contributed by atoms with Crippen LogP contribution in [0.2, 0.25) is 0 Å². The van der Waals surface area contributed by atoms with Gasteiger partial charge < -0.3 is 10.2 Å². The summed E-state index contributed by atoms with van der Waals surface area (Å²) < 4.78 is 12.9. The van der Waals surface area contributed by atoms with Crippen molar-refractivity contribution in [2.24, 2.45) is 0 Å². The minimum absolute atomic E-state index is 0.188. The van der Waals surface area contributed by atoms with Crippen LogP contribution in [0, 0.1) is 5.82 Å². The van der Waals surface area contributed by atoms with Crippen molar-refractivity contribution in [2.45, 2.75) is 20.0 Å². The summed E-state index contributed by atoms with van der Waals surface area (Å²) in [5, 5.41) is 3.16. The maximum absolute atomic E-state index is 12.9. The number of benzene rings is 1. The molecule has 0 saturated heterocycles. The van der Waals surface area contributed by atoms with Crippen molar-refractivity contribution in [3.05, 3.63) is 52.0 Å². The molecular weight excluding hydrogens is 259 g/mol. The van der Waals surface area contributed by atoms with E-state index in [0.717, 1.165) is 25.3 Å². The monoisotopic (exact) mass is 278 g/mol. The van der Waals surface area contributed by atoms with Crippen molar-refractivity contribution in [1.29, 1.82) is 0 Å². The molecule has 0 atom stereocenters. The average molecular weight is 278 g/mol. The lowest BCUT2D eigenvalue weighted by molar-refractivity contribution is 0.627. The van der Waals surface area contributed by atoms with E-state index in [1.54, 1.807) is 0 Å². The number of nitrogens with zero attached hydrogens (tertiary/aromatic N) is 1. The molecule has 2 nitrogen and oxygen atoms in total. The second-order valence-electron chi connectivity index (χ2n) is 4.39. The minimum Gasteiger partial charge on any atom is -0.367 e. The van der Waals surface area contributed by atoms with Gasteiger partial charge in [0.25, 0.3) is 0 Å². The Kier molecular flexibility index (Phi) is 4.93. The van der Waals surface area contributed by atoms with Gasteiger partial charge >= 0.3 is 0 Å². The highest BCUT2D eigenvalue weighted by molar-refractivity contribution is 7.12. The summed E-state index contributed by atoms with van der Waals surface area (Å²) in [5.41, 5.74) is 1.06. The molecule has 0 amide bonds. The zero-order valence-corrected chi connectivity index (χ0v) is 12.1. The molecule has 4 heteroatoms. The average Bonchev–Trinajstić information content (AvgIpc) is 2.85. The molecule has 0 bridgehead atoms. The lowest BCUT2D eigenvalue weighted by Gasteiger charge is -2.22. The molecule has 1 aromatic heterocycles. The quantitative estimate of drug-likeness (QED) is 0.868. The second kappa shape index (κ2) is 6.68. The number of hydrogen-bond donors (Lipinski definition) is 1. The Hall–Kier alpha value is -1.39. The fraction of sp³-hybridized carbons (Fsp3) is 0.333. The van der Waals surface area contributed by atoms with Gasteiger partial charge in [0.05, 0.1) is 6.54 Å². The number of thiophene rings is 1. The predicted octanol–water partition coefficient (Wildman–Crippen LogP) is 3.63. The zero-order valence-electron chi connectivity index (χ0n) is 11.3. The fourth-order valence-electron chi connectivity index (χ4n) is 2.00. The van der Waals surface area contributed by atoms with Crippen molar-refractivity contribution in [3.63, 3.8) is 0 Å². The molecule has 0 fully saturated rings. The van der Waals surface area contributed by atoms with Crippen molar-refractivity contribution >= 4 is 17.0 Å². The highest BCUT2D eigenvalue weighted by Crippen LogP contribution is 2.22. The van der Waals surface area contributed by atoms with Crippen LogP contribution >= 0.6 is 11.3 Å². The van der Waals surface area contributed by atoms with Gasteiger partial charge in [-0.1, -0.05) is 0 Å². The van der Waals surface area contributed by atoms with Gasteiger partial charge in [0, 0.05) is 28.5 Å². The molecule has 1 aromatic carbocycles. The number of hydrogen-bond acceptors (Lipinski definition) is 3. The highest BCUT2D eigenvalue weighted by Gasteiger charge is 2.07. The minimum atomic E-state index is -0.188. The van der Waals surface area contributed by atoms with Gasteiger partial charge in [0.1, 0.15) is 5.82 Å². The summed E-state index contributed by atoms with van der Waals surface area (Å²) in [5.74, 6) is -0.188. The van der Waals surface area contributed by atoms with E-state index in [1.165, 1.54) is 21.9 Å². The van der Waals surface area contributed by atoms with Crippen LogP contribution in [0.4, 0.5) is 10.1 Å². The van der Waals surface area contributed by atoms with Crippen LogP contribution in [-0.2, 0) is 13.1 Å². The first-order chi connectivity index (χ1) is 9.22. The van der Waals surface area contributed by atoms with Gasteiger partial charge in [-0.05, 0) is 50.4 Å². The molecule has 2 aromatic rings. The van der Waals surface area contributed by atoms with Crippen LogP contribution in [0.3, 0.4) is 0 Å². The van der Waals surface area contributed by atoms with Crippen molar-refractivity contribution < 1.29 is 4.39 Å². The fourth-order valence-corrected chi connectivity index (χ4v) is 3.05. The van der Waals surface area contributed by atoms with Crippen LogP contribution in [0.25, 0.3) is 0 Å². The maximum atomic E-state index is 12.9. The first-order valence-electron chi connectivity index (χ1n) is 6.45. The summed E-state index contributed by atoms with van der Waals surface area (Å²) in [4.78, 5) is 4.91. The lowest BCUT2D eigenvalue weighted by atomic mass is 10.2. The van der Waals surface area contributed by atoms with E-state index in [-0.39, 0.29) is 5.82 Å². The van der Waals surface area contributed by atoms with E-state index >= 15 is 0 Å². The van der Waals surface area contributed by atoms with Gasteiger partial charge in [-0.15, -0.1) is 11.3 Å². The van der Waals surface area contributed by atoms with E-state index in [4.69, 9.17) is 0 Å². The Balaban J connectivity index is 2.07. The highest BCUT2D eigenvalue weighted by atomic mass is 32.1. The molecule has 2 rings (SSSR count). The molecule has 0 aliphatic rings. The standard InChI is InChI=1S/C15H19FN2S/c1-3-18(13-6-4-12(16)5-7-13)11-15-9-8-14(19-15)10-17-2/h4-9,17H,3,10-11H2,1-2H3. The van der Waals surface area contributed by atoms with Crippen LogP contribution in [-0.4, -0.2) is 13.6 Å². The van der Waals surface area contributed by atoms with Crippen molar-refractivity contribution in [1.82, 2.24) is 5.32 Å². The molecule has 0 aliphatic carbocycles. The number of anilines is 1. The summed E-state index contributed by atoms with van der Waals surface area (Å²) in [6.07, 6.45) is 0. The lowest BCUT2D eigenvalue weighted by Crippen LogP contribution is -2.21. The van der Waals surface area contributed by atoms with E-state index in [9.17, 15) is 4.39 Å². The molecule has 1 N–H and O–H groups in total. The SMILES string of the molecule is CCN(Cc1ccc(CNC)s1)c1ccc(F)cc1. The molecule has 0 aliphatic heterocycles. The van der Waals surface area contributed by atoms with Gasteiger partial charge in [-0.25, -0.2) is 4.39 Å². The summed E-state index contributed by atoms with van der Waals surface area (Å²) >= 11 is 1.82. The Morgan fingerprint density at radius 2 is 1.79 bits per heavy atom. The molecule has 0 spiro atoms. The maximum Gasteiger partial charge on any atom is 0.123 e. The Morgan fingerprint density at radius 1 is 1.11 bits per heavy atom. The van der Waals surface area contributed by atoms with Crippen LogP contribution in [0.15, 0.2) is 36.4 Å². The van der Waals surface area contributed by atoms with Gasteiger partial charge in [0.2, 0.25) is 0 Å². The molecule has 102 valence electrons. The smallest absolute Gasteiger partial charge is 0.123 e. The third-order valence-corrected chi connectivity index (χ3v) is 4.06. The van der Waals surface area contributed by atoms with Crippen LogP contribution in [0.5, 0.6) is 0 Å². The molecule has 0 saturated carbocycles. The largest absolute Gasteiger partial charge is 0.367 e. The first-order valence-corrected chi connectivity index (χ1v) is 7.27. The van der Waals surface area contributed by atoms with Gasteiger partial charge in [0.15, 0.2) is 0 Å². The summed E-state index contributed by atoms with van der Waals surface area (Å²) in [6, 6.07) is 11.0. The third kappa shape index (κ3) is 3.78. The van der Waals surface area contributed by atoms with Gasteiger partial charge in [-0.3, -0.25) is 0 Å². The molecule has 0 unspecified atom stereocenters. The third-order valence-electron chi connectivity index (χ3n) is 2.99. The first kappa shape index (κ1) is 14.0. The van der Waals surface area contributed by atoms with Gasteiger partial charge in [-0.2, -0.15) is 0 Å². The second-order valence-corrected chi connectivity index (χ2v) is 5.64. The molecule has 1 heterocycles. The van der Waals surface area contributed by atoms with Crippen LogP contribution in [0.1, 0.15) is 16.7 Å². The van der Waals surface area contributed by atoms with Crippen LogP contribution < -0.4 is 10.2 Å². The zero-order chi connectivity index (χ0) is 13.7.